The second-order valence-corrected chi connectivity index (χ2v) is 7.29. The molecule has 0 atom stereocenters. The quantitative estimate of drug-likeness (QED) is 0.681. The summed E-state index contributed by atoms with van der Waals surface area (Å²) in [6, 6.07) is 13.4. The van der Waals surface area contributed by atoms with E-state index in [0.29, 0.717) is 23.7 Å². The third-order valence-electron chi connectivity index (χ3n) is 5.10. The average Bonchev–Trinajstić information content (AvgIpc) is 3.01. The molecule has 0 N–H and O–H groups in total. The van der Waals surface area contributed by atoms with Gasteiger partial charge in [0.25, 0.3) is 5.91 Å². The molecule has 0 aliphatic carbocycles. The zero-order chi connectivity index (χ0) is 19.7. The van der Waals surface area contributed by atoms with Gasteiger partial charge in [-0.2, -0.15) is 5.10 Å². The molecule has 3 aromatic rings. The maximum Gasteiger partial charge on any atom is 0.253 e. The lowest BCUT2D eigenvalue weighted by atomic mass is 10.1. The third-order valence-corrected chi connectivity index (χ3v) is 5.65. The molecule has 0 unspecified atom stereocenters. The van der Waals surface area contributed by atoms with Crippen molar-refractivity contribution in [3.05, 3.63) is 70.6 Å². The van der Waals surface area contributed by atoms with E-state index in [1.807, 2.05) is 61.2 Å². The SMILES string of the molecule is Cc1nn(-c2ccc(C(=O)N3CCN(c4ccccn4)CC3)cc2)c(C)c1Cl. The molecule has 2 aromatic heterocycles. The van der Waals surface area contributed by atoms with E-state index >= 15 is 0 Å². The van der Waals surface area contributed by atoms with Crippen LogP contribution in [0.1, 0.15) is 21.7 Å². The highest BCUT2D eigenvalue weighted by Crippen LogP contribution is 2.23. The zero-order valence-electron chi connectivity index (χ0n) is 16.0. The molecule has 0 radical (unpaired) electrons. The molecule has 0 bridgehead atoms. The van der Waals surface area contributed by atoms with E-state index in [2.05, 4.69) is 15.0 Å². The molecule has 0 saturated carbocycles. The standard InChI is InChI=1S/C21H22ClN5O/c1-15-20(22)16(2)27(24-15)18-8-6-17(7-9-18)21(28)26-13-11-25(12-14-26)19-5-3-4-10-23-19/h3-10H,11-14H2,1-2H3. The van der Waals surface area contributed by atoms with Gasteiger partial charge in [0.15, 0.2) is 0 Å². The van der Waals surface area contributed by atoms with Crippen molar-refractivity contribution in [2.45, 2.75) is 13.8 Å². The lowest BCUT2D eigenvalue weighted by Crippen LogP contribution is -2.49. The van der Waals surface area contributed by atoms with Crippen LogP contribution >= 0.6 is 11.6 Å². The van der Waals surface area contributed by atoms with Crippen molar-refractivity contribution in [2.24, 2.45) is 0 Å². The van der Waals surface area contributed by atoms with E-state index in [9.17, 15) is 4.79 Å². The fourth-order valence-corrected chi connectivity index (χ4v) is 3.60. The van der Waals surface area contributed by atoms with Crippen LogP contribution in [0.3, 0.4) is 0 Å². The van der Waals surface area contributed by atoms with Crippen LogP contribution in [0, 0.1) is 13.8 Å². The molecule has 1 aliphatic rings. The number of anilines is 1. The maximum atomic E-state index is 12.9. The number of hydrogen-bond acceptors (Lipinski definition) is 4. The minimum absolute atomic E-state index is 0.0543. The molecule has 7 heteroatoms. The van der Waals surface area contributed by atoms with Gasteiger partial charge in [0.1, 0.15) is 5.82 Å². The van der Waals surface area contributed by atoms with E-state index in [-0.39, 0.29) is 5.91 Å². The Labute approximate surface area is 169 Å². The Bertz CT molecular complexity index is 976. The van der Waals surface area contributed by atoms with Crippen molar-refractivity contribution in [1.29, 1.82) is 0 Å². The van der Waals surface area contributed by atoms with Crippen molar-refractivity contribution in [2.75, 3.05) is 31.1 Å². The number of carbonyl (C=O) groups is 1. The number of piperazine rings is 1. The molecule has 4 rings (SSSR count). The average molecular weight is 396 g/mol. The summed E-state index contributed by atoms with van der Waals surface area (Å²) in [5.41, 5.74) is 3.26. The summed E-state index contributed by atoms with van der Waals surface area (Å²) >= 11 is 6.24. The van der Waals surface area contributed by atoms with Gasteiger partial charge in [-0.3, -0.25) is 4.79 Å². The molecule has 1 amide bonds. The van der Waals surface area contributed by atoms with Crippen LogP contribution in [-0.2, 0) is 0 Å². The Kier molecular flexibility index (Phi) is 5.05. The highest BCUT2D eigenvalue weighted by atomic mass is 35.5. The number of nitrogens with zero attached hydrogens (tertiary/aromatic N) is 5. The number of amides is 1. The second kappa shape index (κ2) is 7.64. The number of rotatable bonds is 3. The molecule has 3 heterocycles. The summed E-state index contributed by atoms with van der Waals surface area (Å²) in [6.07, 6.45) is 1.80. The van der Waals surface area contributed by atoms with Crippen molar-refractivity contribution in [3.63, 3.8) is 0 Å². The second-order valence-electron chi connectivity index (χ2n) is 6.91. The van der Waals surface area contributed by atoms with Crippen molar-refractivity contribution >= 4 is 23.3 Å². The Morgan fingerprint density at radius 1 is 1.00 bits per heavy atom. The van der Waals surface area contributed by atoms with Crippen LogP contribution in [0.15, 0.2) is 48.7 Å². The number of aryl methyl sites for hydroxylation is 1. The smallest absolute Gasteiger partial charge is 0.253 e. The van der Waals surface area contributed by atoms with E-state index in [1.54, 1.807) is 10.9 Å². The van der Waals surface area contributed by atoms with Crippen LogP contribution in [-0.4, -0.2) is 51.8 Å². The molecule has 144 valence electrons. The number of hydrogen-bond donors (Lipinski definition) is 0. The van der Waals surface area contributed by atoms with Gasteiger partial charge in [0.2, 0.25) is 0 Å². The summed E-state index contributed by atoms with van der Waals surface area (Å²) in [5, 5.41) is 5.13. The summed E-state index contributed by atoms with van der Waals surface area (Å²) in [6.45, 7) is 6.75. The number of halogens is 1. The van der Waals surface area contributed by atoms with Crippen molar-refractivity contribution in [1.82, 2.24) is 19.7 Å². The van der Waals surface area contributed by atoms with E-state index in [0.717, 1.165) is 36.0 Å². The number of aromatic nitrogens is 3. The number of carbonyl (C=O) groups excluding carboxylic acids is 1. The Hall–Kier alpha value is -2.86. The normalized spacial score (nSPS) is 14.4. The summed E-state index contributed by atoms with van der Waals surface area (Å²) in [4.78, 5) is 21.4. The van der Waals surface area contributed by atoms with Gasteiger partial charge in [-0.15, -0.1) is 0 Å². The van der Waals surface area contributed by atoms with Crippen LogP contribution < -0.4 is 4.90 Å². The summed E-state index contributed by atoms with van der Waals surface area (Å²) < 4.78 is 1.80. The predicted octanol–water partition coefficient (Wildman–Crippen LogP) is 3.50. The zero-order valence-corrected chi connectivity index (χ0v) is 16.7. The Balaban J connectivity index is 1.44. The molecular formula is C21H22ClN5O. The lowest BCUT2D eigenvalue weighted by Gasteiger charge is -2.35. The van der Waals surface area contributed by atoms with Crippen molar-refractivity contribution < 1.29 is 4.79 Å². The molecule has 0 spiro atoms. The van der Waals surface area contributed by atoms with Gasteiger partial charge >= 0.3 is 0 Å². The first kappa shape index (κ1) is 18.5. The highest BCUT2D eigenvalue weighted by molar-refractivity contribution is 6.31. The highest BCUT2D eigenvalue weighted by Gasteiger charge is 2.23. The van der Waals surface area contributed by atoms with Gasteiger partial charge < -0.3 is 9.80 Å². The molecule has 28 heavy (non-hydrogen) atoms. The predicted molar refractivity (Wildman–Crippen MR) is 110 cm³/mol. The lowest BCUT2D eigenvalue weighted by molar-refractivity contribution is 0.0746. The monoisotopic (exact) mass is 395 g/mol. The van der Waals surface area contributed by atoms with Gasteiger partial charge in [0.05, 0.1) is 22.1 Å². The topological polar surface area (TPSA) is 54.3 Å². The van der Waals surface area contributed by atoms with Crippen LogP contribution in [0.25, 0.3) is 5.69 Å². The maximum absolute atomic E-state index is 12.9. The number of benzene rings is 1. The first-order valence-electron chi connectivity index (χ1n) is 9.32. The Morgan fingerprint density at radius 2 is 1.71 bits per heavy atom. The molecule has 1 fully saturated rings. The molecule has 1 aliphatic heterocycles. The van der Waals surface area contributed by atoms with E-state index in [1.165, 1.54) is 0 Å². The molecule has 6 nitrogen and oxygen atoms in total. The van der Waals surface area contributed by atoms with Gasteiger partial charge in [-0.05, 0) is 50.2 Å². The van der Waals surface area contributed by atoms with Crippen LogP contribution in [0.5, 0.6) is 0 Å². The fourth-order valence-electron chi connectivity index (χ4n) is 3.48. The van der Waals surface area contributed by atoms with Crippen molar-refractivity contribution in [3.8, 4) is 5.69 Å². The fraction of sp³-hybridized carbons (Fsp3) is 0.286. The van der Waals surface area contributed by atoms with E-state index < -0.39 is 0 Å². The molecular weight excluding hydrogens is 374 g/mol. The van der Waals surface area contributed by atoms with Crippen LogP contribution in [0.4, 0.5) is 5.82 Å². The van der Waals surface area contributed by atoms with Gasteiger partial charge in [-0.1, -0.05) is 17.7 Å². The first-order valence-corrected chi connectivity index (χ1v) is 9.70. The third kappa shape index (κ3) is 3.47. The summed E-state index contributed by atoms with van der Waals surface area (Å²) in [7, 11) is 0. The number of pyridine rings is 1. The Morgan fingerprint density at radius 3 is 2.29 bits per heavy atom. The minimum Gasteiger partial charge on any atom is -0.353 e. The largest absolute Gasteiger partial charge is 0.353 e. The van der Waals surface area contributed by atoms with Crippen LogP contribution in [0.2, 0.25) is 5.02 Å². The molecule has 1 aromatic carbocycles. The summed E-state index contributed by atoms with van der Waals surface area (Å²) in [5.74, 6) is 1.01. The van der Waals surface area contributed by atoms with Gasteiger partial charge in [-0.25, -0.2) is 9.67 Å². The molecule has 1 saturated heterocycles. The van der Waals surface area contributed by atoms with Gasteiger partial charge in [0, 0.05) is 37.9 Å². The first-order chi connectivity index (χ1) is 13.5. The minimum atomic E-state index is 0.0543. The van der Waals surface area contributed by atoms with E-state index in [4.69, 9.17) is 11.6 Å².